The zero-order valence-electron chi connectivity index (χ0n) is 25.1. The van der Waals surface area contributed by atoms with Gasteiger partial charge in [0.05, 0.1) is 50.2 Å². The minimum atomic E-state index is -3.71. The van der Waals surface area contributed by atoms with Gasteiger partial charge < -0.3 is 19.3 Å². The third-order valence-electron chi connectivity index (χ3n) is 6.36. The zero-order valence-corrected chi connectivity index (χ0v) is 25.9. The van der Waals surface area contributed by atoms with Crippen LogP contribution in [0.25, 0.3) is 0 Å². The second-order valence-electron chi connectivity index (χ2n) is 10.2. The average Bonchev–Trinajstić information content (AvgIpc) is 2.93. The molecule has 1 atom stereocenters. The van der Waals surface area contributed by atoms with Gasteiger partial charge in [0.25, 0.3) is 5.56 Å². The molecule has 0 saturated heterocycles. The highest BCUT2D eigenvalue weighted by atomic mass is 32.2. The van der Waals surface area contributed by atoms with Crippen LogP contribution < -0.4 is 10.3 Å². The molecule has 0 bridgehead atoms. The molecule has 1 unspecified atom stereocenters. The fourth-order valence-electron chi connectivity index (χ4n) is 4.03. The van der Waals surface area contributed by atoms with Crippen LogP contribution in [0.1, 0.15) is 58.1 Å². The van der Waals surface area contributed by atoms with Gasteiger partial charge in [-0.1, -0.05) is 26.7 Å². The molecule has 12 nitrogen and oxygen atoms in total. The molecule has 0 aliphatic carbocycles. The average molecular weight is 606 g/mol. The van der Waals surface area contributed by atoms with Crippen LogP contribution in [0.15, 0.2) is 44.2 Å². The van der Waals surface area contributed by atoms with Gasteiger partial charge >= 0.3 is 0 Å². The first-order valence-corrected chi connectivity index (χ1v) is 15.6. The fraction of sp³-hybridized carbons (Fsp3) is 0.586. The Morgan fingerprint density at radius 1 is 1.00 bits per heavy atom. The number of sulfonamides is 1. The molecule has 0 fully saturated rings. The van der Waals surface area contributed by atoms with E-state index in [0.717, 1.165) is 23.8 Å². The maximum Gasteiger partial charge on any atom is 0.281 e. The van der Waals surface area contributed by atoms with Gasteiger partial charge in [-0.25, -0.2) is 13.1 Å². The van der Waals surface area contributed by atoms with Crippen LogP contribution in [0.5, 0.6) is 5.88 Å². The molecule has 1 heterocycles. The zero-order chi connectivity index (χ0) is 31.1. The van der Waals surface area contributed by atoms with Crippen LogP contribution in [0, 0.1) is 24.2 Å². The molecule has 0 radical (unpaired) electrons. The van der Waals surface area contributed by atoms with Gasteiger partial charge in [0, 0.05) is 18.2 Å². The van der Waals surface area contributed by atoms with Crippen molar-refractivity contribution < 1.29 is 27.7 Å². The van der Waals surface area contributed by atoms with Crippen LogP contribution in [0.3, 0.4) is 0 Å². The number of azo groups is 1. The summed E-state index contributed by atoms with van der Waals surface area (Å²) in [6.07, 6.45) is 2.71. The highest BCUT2D eigenvalue weighted by Gasteiger charge is 2.20. The number of pyridine rings is 1. The molecule has 232 valence electrons. The Hall–Kier alpha value is -3.15. The minimum absolute atomic E-state index is 0.0173. The molecule has 0 aliphatic heterocycles. The number of aromatic nitrogens is 1. The Balaban J connectivity index is 2.09. The van der Waals surface area contributed by atoms with E-state index in [1.165, 1.54) is 31.2 Å². The molecule has 0 amide bonds. The molecule has 13 heteroatoms. The highest BCUT2D eigenvalue weighted by molar-refractivity contribution is 7.89. The minimum Gasteiger partial charge on any atom is -0.493 e. The first kappa shape index (κ1) is 35.0. The summed E-state index contributed by atoms with van der Waals surface area (Å²) in [6.45, 7) is 11.8. The van der Waals surface area contributed by atoms with E-state index in [0.29, 0.717) is 38.0 Å². The number of benzene rings is 1. The third-order valence-corrected chi connectivity index (χ3v) is 7.97. The second-order valence-corrected chi connectivity index (χ2v) is 11.9. The Kier molecular flexibility index (Phi) is 14.8. The predicted octanol–water partition coefficient (Wildman–Crippen LogP) is 4.71. The summed E-state index contributed by atoms with van der Waals surface area (Å²) in [4.78, 5) is 13.2. The Morgan fingerprint density at radius 3 is 2.21 bits per heavy atom. The summed E-state index contributed by atoms with van der Waals surface area (Å²) < 4.78 is 45.3. The Labute approximate surface area is 248 Å². The summed E-state index contributed by atoms with van der Waals surface area (Å²) in [6, 6.07) is 7.49. The number of ether oxygens (including phenoxy) is 3. The fourth-order valence-corrected chi connectivity index (χ4v) is 5.31. The quantitative estimate of drug-likeness (QED) is 0.172. The summed E-state index contributed by atoms with van der Waals surface area (Å²) in [5.74, 6) is 0.0899. The number of rotatable bonds is 19. The van der Waals surface area contributed by atoms with Crippen LogP contribution in [-0.4, -0.2) is 63.8 Å². The van der Waals surface area contributed by atoms with E-state index in [2.05, 4.69) is 28.8 Å². The van der Waals surface area contributed by atoms with E-state index in [1.54, 1.807) is 0 Å². The summed E-state index contributed by atoms with van der Waals surface area (Å²) in [5.41, 5.74) is -0.365. The van der Waals surface area contributed by atoms with Crippen molar-refractivity contribution in [2.45, 2.75) is 71.4 Å². The molecule has 0 spiro atoms. The molecule has 0 aliphatic rings. The highest BCUT2D eigenvalue weighted by Crippen LogP contribution is 2.27. The van der Waals surface area contributed by atoms with Crippen molar-refractivity contribution in [2.24, 2.45) is 16.1 Å². The maximum absolute atomic E-state index is 13.1. The van der Waals surface area contributed by atoms with Crippen molar-refractivity contribution in [2.75, 3.05) is 39.6 Å². The predicted molar refractivity (Wildman–Crippen MR) is 159 cm³/mol. The maximum atomic E-state index is 13.1. The van der Waals surface area contributed by atoms with Gasteiger partial charge in [-0.3, -0.25) is 9.36 Å². The van der Waals surface area contributed by atoms with Crippen LogP contribution >= 0.6 is 0 Å². The van der Waals surface area contributed by atoms with Gasteiger partial charge in [-0.15, -0.1) is 5.11 Å². The van der Waals surface area contributed by atoms with Gasteiger partial charge in [0.1, 0.15) is 11.6 Å². The van der Waals surface area contributed by atoms with Crippen molar-refractivity contribution in [3.05, 3.63) is 45.7 Å². The van der Waals surface area contributed by atoms with Crippen LogP contribution in [0.2, 0.25) is 0 Å². The van der Waals surface area contributed by atoms with Gasteiger partial charge in [-0.2, -0.15) is 10.4 Å². The number of nitriles is 1. The summed E-state index contributed by atoms with van der Waals surface area (Å²) >= 11 is 0. The molecular formula is C29H43N5O7S. The lowest BCUT2D eigenvalue weighted by Gasteiger charge is -2.15. The molecule has 2 rings (SSSR count). The molecule has 0 saturated carbocycles. The van der Waals surface area contributed by atoms with Crippen molar-refractivity contribution in [3.8, 4) is 11.9 Å². The molecule has 1 aromatic heterocycles. The normalized spacial score (nSPS) is 12.7. The van der Waals surface area contributed by atoms with Gasteiger partial charge in [-0.05, 0) is 57.4 Å². The van der Waals surface area contributed by atoms with E-state index in [-0.39, 0.29) is 47.5 Å². The molecule has 1 aromatic carbocycles. The SMILES string of the molecule is CCOCCOCCOCCn1c(O)c(C#N)c(C)c(N=Nc2ccc(S(=O)(=O)NC(C)CCCC(C)C)cc2)c1=O. The second kappa shape index (κ2) is 17.7. The lowest BCUT2D eigenvalue weighted by atomic mass is 10.0. The van der Waals surface area contributed by atoms with Crippen molar-refractivity contribution in [3.63, 3.8) is 0 Å². The lowest BCUT2D eigenvalue weighted by molar-refractivity contribution is 0.0151. The van der Waals surface area contributed by atoms with E-state index >= 15 is 0 Å². The summed E-state index contributed by atoms with van der Waals surface area (Å²) in [7, 11) is -3.71. The smallest absolute Gasteiger partial charge is 0.281 e. The Bertz CT molecular complexity index is 1370. The summed E-state index contributed by atoms with van der Waals surface area (Å²) in [5, 5.41) is 28.3. The first-order valence-electron chi connectivity index (χ1n) is 14.2. The molecule has 2 aromatic rings. The van der Waals surface area contributed by atoms with Crippen LogP contribution in [-0.2, 0) is 30.8 Å². The van der Waals surface area contributed by atoms with Crippen molar-refractivity contribution >= 4 is 21.4 Å². The lowest BCUT2D eigenvalue weighted by Crippen LogP contribution is -2.32. The molecule has 42 heavy (non-hydrogen) atoms. The number of hydrogen-bond acceptors (Lipinski definition) is 10. The van der Waals surface area contributed by atoms with E-state index in [4.69, 9.17) is 14.2 Å². The van der Waals surface area contributed by atoms with Gasteiger partial charge in [0.2, 0.25) is 15.9 Å². The monoisotopic (exact) mass is 605 g/mol. The topological polar surface area (TPSA) is 165 Å². The molecule has 2 N–H and O–H groups in total. The number of aromatic hydroxyl groups is 1. The van der Waals surface area contributed by atoms with Crippen LogP contribution in [0.4, 0.5) is 11.4 Å². The van der Waals surface area contributed by atoms with E-state index in [1.807, 2.05) is 19.9 Å². The molecular weight excluding hydrogens is 562 g/mol. The Morgan fingerprint density at radius 2 is 1.62 bits per heavy atom. The largest absolute Gasteiger partial charge is 0.493 e. The van der Waals surface area contributed by atoms with Crippen molar-refractivity contribution in [1.29, 1.82) is 5.26 Å². The van der Waals surface area contributed by atoms with Crippen molar-refractivity contribution in [1.82, 2.24) is 9.29 Å². The number of nitrogens with zero attached hydrogens (tertiary/aromatic N) is 4. The van der Waals surface area contributed by atoms with Gasteiger partial charge in [0.15, 0.2) is 5.69 Å². The van der Waals surface area contributed by atoms with E-state index in [9.17, 15) is 23.6 Å². The number of hydrogen-bond donors (Lipinski definition) is 2. The standard InChI is InChI=1S/C29H43N5O7S/c1-6-39-16-17-41-19-18-40-15-14-34-28(35)26(20-30)23(5)27(29(34)36)32-31-24-10-12-25(13-11-24)42(37,38)33-22(4)9-7-8-21(2)3/h10-13,21-22,33,35H,6-9,14-19H2,1-5H3. The van der Waals surface area contributed by atoms with E-state index < -0.39 is 21.5 Å². The number of nitrogens with one attached hydrogen (secondary N) is 1. The third kappa shape index (κ3) is 10.9. The first-order chi connectivity index (χ1) is 20.0.